The molecule has 44 heavy (non-hydrogen) atoms. The molecule has 0 atom stereocenters. The Hall–Kier alpha value is -5.86. The van der Waals surface area contributed by atoms with E-state index in [9.17, 15) is 0 Å². The van der Waals surface area contributed by atoms with Gasteiger partial charge in [0.15, 0.2) is 0 Å². The van der Waals surface area contributed by atoms with Crippen molar-refractivity contribution in [3.8, 4) is 39.4 Å². The Balaban J connectivity index is 1.32. The predicted molar refractivity (Wildman–Crippen MR) is 184 cm³/mol. The van der Waals surface area contributed by atoms with Crippen LogP contribution >= 0.6 is 0 Å². The molecule has 2 heteroatoms. The van der Waals surface area contributed by atoms with Crippen molar-refractivity contribution in [3.05, 3.63) is 152 Å². The number of fused-ring (bicyclic) bond motifs is 8. The number of benzene rings is 8. The van der Waals surface area contributed by atoms with Crippen LogP contribution in [0.25, 0.3) is 82.1 Å². The van der Waals surface area contributed by atoms with Gasteiger partial charge in [0.1, 0.15) is 11.5 Å². The average molecular weight is 560 g/mol. The van der Waals surface area contributed by atoms with Crippen LogP contribution in [0.3, 0.4) is 0 Å². The lowest BCUT2D eigenvalue weighted by molar-refractivity contribution is 0.487. The summed E-state index contributed by atoms with van der Waals surface area (Å²) >= 11 is 0. The van der Waals surface area contributed by atoms with E-state index < -0.39 is 0 Å². The van der Waals surface area contributed by atoms with Gasteiger partial charge in [0.25, 0.3) is 0 Å². The molecule has 0 spiro atoms. The highest BCUT2D eigenvalue weighted by Gasteiger charge is 2.23. The molecule has 0 fully saturated rings. The first kappa shape index (κ1) is 23.7. The minimum absolute atomic E-state index is 0.899. The van der Waals surface area contributed by atoms with Crippen LogP contribution in [0.5, 0.6) is 11.5 Å². The molecule has 8 aromatic carbocycles. The van der Waals surface area contributed by atoms with Gasteiger partial charge in [-0.25, -0.2) is 0 Å². The normalized spacial score (nSPS) is 12.3. The van der Waals surface area contributed by atoms with E-state index in [1.54, 1.807) is 0 Å². The molecule has 0 aliphatic carbocycles. The molecule has 204 valence electrons. The number of nitrogens with zero attached hydrogens (tertiary/aromatic N) is 1. The largest absolute Gasteiger partial charge is 0.456 e. The zero-order valence-electron chi connectivity index (χ0n) is 23.8. The Morgan fingerprint density at radius 1 is 0.386 bits per heavy atom. The van der Waals surface area contributed by atoms with Crippen molar-refractivity contribution in [2.75, 3.05) is 0 Å². The number of hydrogen-bond donors (Lipinski definition) is 0. The van der Waals surface area contributed by atoms with Crippen molar-refractivity contribution in [1.29, 1.82) is 0 Å². The van der Waals surface area contributed by atoms with E-state index in [0.717, 1.165) is 17.1 Å². The maximum Gasteiger partial charge on any atom is 0.135 e. The van der Waals surface area contributed by atoms with Crippen LogP contribution in [0.4, 0.5) is 0 Å². The zero-order valence-corrected chi connectivity index (χ0v) is 23.8. The van der Waals surface area contributed by atoms with Crippen molar-refractivity contribution in [3.63, 3.8) is 0 Å². The highest BCUT2D eigenvalue weighted by atomic mass is 16.5. The summed E-state index contributed by atoms with van der Waals surface area (Å²) < 4.78 is 8.91. The third-order valence-corrected chi connectivity index (χ3v) is 9.36. The smallest absolute Gasteiger partial charge is 0.135 e. The summed E-state index contributed by atoms with van der Waals surface area (Å²) in [5.41, 5.74) is 8.35. The van der Waals surface area contributed by atoms with E-state index >= 15 is 0 Å². The topological polar surface area (TPSA) is 14.2 Å². The molecule has 1 aromatic heterocycles. The Kier molecular flexibility index (Phi) is 4.75. The Morgan fingerprint density at radius 3 is 1.98 bits per heavy atom. The molecule has 0 unspecified atom stereocenters. The van der Waals surface area contributed by atoms with E-state index in [-0.39, 0.29) is 0 Å². The highest BCUT2D eigenvalue weighted by molar-refractivity contribution is 6.25. The molecule has 2 heterocycles. The fourth-order valence-electron chi connectivity index (χ4n) is 7.46. The van der Waals surface area contributed by atoms with E-state index in [2.05, 4.69) is 156 Å². The maximum absolute atomic E-state index is 6.45. The maximum atomic E-state index is 6.45. The zero-order chi connectivity index (χ0) is 28.8. The molecule has 2 nitrogen and oxygen atoms in total. The van der Waals surface area contributed by atoms with Gasteiger partial charge in [0, 0.05) is 27.1 Å². The first-order valence-corrected chi connectivity index (χ1v) is 15.1. The summed E-state index contributed by atoms with van der Waals surface area (Å²) in [5, 5.41) is 9.91. The lowest BCUT2D eigenvalue weighted by Crippen LogP contribution is -1.97. The minimum Gasteiger partial charge on any atom is -0.456 e. The van der Waals surface area contributed by atoms with Crippen molar-refractivity contribution >= 4 is 54.1 Å². The van der Waals surface area contributed by atoms with Gasteiger partial charge in [0.2, 0.25) is 0 Å². The van der Waals surface area contributed by atoms with Crippen molar-refractivity contribution in [1.82, 2.24) is 4.57 Å². The van der Waals surface area contributed by atoms with Crippen LogP contribution in [-0.4, -0.2) is 4.57 Å². The molecule has 0 amide bonds. The van der Waals surface area contributed by atoms with Gasteiger partial charge >= 0.3 is 0 Å². The SMILES string of the molecule is c1ccc2c(-n3c4cccc(-c5ccc6c(c5)-c5cccc7cccc(c57)O6)c4c4c5ccccc5ccc43)cccc2c1. The number of aromatic nitrogens is 1. The first-order chi connectivity index (χ1) is 21.8. The van der Waals surface area contributed by atoms with Crippen LogP contribution in [0.1, 0.15) is 0 Å². The monoisotopic (exact) mass is 559 g/mol. The van der Waals surface area contributed by atoms with Gasteiger partial charge in [-0.3, -0.25) is 0 Å². The Morgan fingerprint density at radius 2 is 1.07 bits per heavy atom. The number of rotatable bonds is 2. The summed E-state index contributed by atoms with van der Waals surface area (Å²) in [6.45, 7) is 0. The van der Waals surface area contributed by atoms with E-state index in [1.807, 2.05) is 0 Å². The molecule has 10 rings (SSSR count). The molecule has 0 saturated carbocycles. The molecule has 0 bridgehead atoms. The Labute approximate surface area is 254 Å². The van der Waals surface area contributed by atoms with Crippen LogP contribution in [0.2, 0.25) is 0 Å². The van der Waals surface area contributed by atoms with Gasteiger partial charge < -0.3 is 9.30 Å². The second kappa shape index (κ2) is 8.82. The second-order valence-corrected chi connectivity index (χ2v) is 11.7. The van der Waals surface area contributed by atoms with Crippen molar-refractivity contribution in [2.24, 2.45) is 0 Å². The number of hydrogen-bond acceptors (Lipinski definition) is 1. The minimum atomic E-state index is 0.899. The molecule has 0 saturated heterocycles. The summed E-state index contributed by atoms with van der Waals surface area (Å²) in [5.74, 6) is 1.82. The van der Waals surface area contributed by atoms with Gasteiger partial charge in [-0.15, -0.1) is 0 Å². The second-order valence-electron chi connectivity index (χ2n) is 11.7. The third kappa shape index (κ3) is 3.20. The molecule has 0 N–H and O–H groups in total. The van der Waals surface area contributed by atoms with Crippen molar-refractivity contribution in [2.45, 2.75) is 0 Å². The number of ether oxygens (including phenoxy) is 1. The summed E-state index contributed by atoms with van der Waals surface area (Å²) in [6, 6.07) is 54.8. The Bertz CT molecular complexity index is 2630. The van der Waals surface area contributed by atoms with Gasteiger partial charge in [-0.2, -0.15) is 0 Å². The first-order valence-electron chi connectivity index (χ1n) is 15.1. The van der Waals surface area contributed by atoms with E-state index in [4.69, 9.17) is 4.74 Å². The molecular formula is C42H25NO. The fourth-order valence-corrected chi connectivity index (χ4v) is 7.46. The lowest BCUT2D eigenvalue weighted by Gasteiger charge is -2.22. The lowest BCUT2D eigenvalue weighted by atomic mass is 9.91. The van der Waals surface area contributed by atoms with Gasteiger partial charge in [-0.05, 0) is 74.6 Å². The summed E-state index contributed by atoms with van der Waals surface area (Å²) in [4.78, 5) is 0. The third-order valence-electron chi connectivity index (χ3n) is 9.36. The highest BCUT2D eigenvalue weighted by Crippen LogP contribution is 2.49. The quantitative estimate of drug-likeness (QED) is 0.205. The van der Waals surface area contributed by atoms with E-state index in [0.29, 0.717) is 0 Å². The fraction of sp³-hybridized carbons (Fsp3) is 0. The van der Waals surface area contributed by atoms with Gasteiger partial charge in [0.05, 0.1) is 16.7 Å². The van der Waals surface area contributed by atoms with Crippen LogP contribution in [0, 0.1) is 0 Å². The average Bonchev–Trinajstić information content (AvgIpc) is 3.43. The molecular weight excluding hydrogens is 534 g/mol. The summed E-state index contributed by atoms with van der Waals surface area (Å²) in [7, 11) is 0. The van der Waals surface area contributed by atoms with Crippen LogP contribution < -0.4 is 4.74 Å². The molecule has 1 aliphatic rings. The molecule has 1 aliphatic heterocycles. The predicted octanol–water partition coefficient (Wildman–Crippen LogP) is 11.7. The van der Waals surface area contributed by atoms with Gasteiger partial charge in [-0.1, -0.05) is 115 Å². The molecule has 9 aromatic rings. The van der Waals surface area contributed by atoms with Crippen molar-refractivity contribution < 1.29 is 4.74 Å². The van der Waals surface area contributed by atoms with E-state index in [1.165, 1.54) is 76.5 Å². The standard InChI is InChI=1S/C42H25NO/c1-3-14-30-26(9-1)11-6-18-35(30)43-36-19-8-16-32(42(36)41-31-15-4-2-10-27(31)21-23-37(41)43)29-22-24-38-34(25-29)33-17-5-12-28-13-7-20-39(44-38)40(28)33/h1-25H. The molecule has 0 radical (unpaired) electrons. The summed E-state index contributed by atoms with van der Waals surface area (Å²) in [6.07, 6.45) is 0. The van der Waals surface area contributed by atoms with Crippen LogP contribution in [0.15, 0.2) is 152 Å². The van der Waals surface area contributed by atoms with Crippen LogP contribution in [-0.2, 0) is 0 Å².